The van der Waals surface area contributed by atoms with Gasteiger partial charge in [0, 0.05) is 6.42 Å². The molecule has 2 heteroatoms. The van der Waals surface area contributed by atoms with Gasteiger partial charge in [0.2, 0.25) is 0 Å². The van der Waals surface area contributed by atoms with E-state index in [1.807, 2.05) is 0 Å². The third-order valence-electron chi connectivity index (χ3n) is 4.23. The lowest BCUT2D eigenvalue weighted by atomic mass is 9.77. The summed E-state index contributed by atoms with van der Waals surface area (Å²) in [5.74, 6) is 2.05. The fourth-order valence-corrected chi connectivity index (χ4v) is 3.78. The van der Waals surface area contributed by atoms with Gasteiger partial charge in [0.15, 0.2) is 0 Å². The van der Waals surface area contributed by atoms with Gasteiger partial charge < -0.3 is 4.79 Å². The van der Waals surface area contributed by atoms with Crippen LogP contribution in [0.3, 0.4) is 0 Å². The average Bonchev–Trinajstić information content (AvgIpc) is 2.38. The number of rotatable bonds is 2. The van der Waals surface area contributed by atoms with E-state index in [1.54, 1.807) is 0 Å². The first-order valence-electron chi connectivity index (χ1n) is 5.37. The quantitative estimate of drug-likeness (QED) is 0.691. The Hall–Kier alpha value is -0.110. The van der Waals surface area contributed by atoms with Gasteiger partial charge in [-0.05, 0) is 40.5 Å². The van der Waals surface area contributed by atoms with Gasteiger partial charge in [-0.2, -0.15) is 0 Å². The van der Waals surface area contributed by atoms with Gasteiger partial charge in [-0.1, -0.05) is 35.9 Å². The fourth-order valence-electron chi connectivity index (χ4n) is 3.09. The Morgan fingerprint density at radius 2 is 2.43 bits per heavy atom. The summed E-state index contributed by atoms with van der Waals surface area (Å²) < 4.78 is 1.35. The van der Waals surface area contributed by atoms with Crippen LogP contribution < -0.4 is 0 Å². The number of halogens is 1. The molecule has 0 aromatic rings. The Morgan fingerprint density at radius 3 is 3.07 bits per heavy atom. The first-order chi connectivity index (χ1) is 6.57. The van der Waals surface area contributed by atoms with E-state index in [0.29, 0.717) is 11.8 Å². The van der Waals surface area contributed by atoms with Gasteiger partial charge in [-0.15, -0.1) is 0 Å². The first kappa shape index (κ1) is 10.4. The molecule has 0 radical (unpaired) electrons. The molecule has 2 rings (SSSR count). The van der Waals surface area contributed by atoms with E-state index in [-0.39, 0.29) is 5.41 Å². The second kappa shape index (κ2) is 3.48. The summed E-state index contributed by atoms with van der Waals surface area (Å²) >= 11 is 3.65. The van der Waals surface area contributed by atoms with Crippen LogP contribution in [-0.2, 0) is 4.79 Å². The fraction of sp³-hybridized carbons (Fsp3) is 0.750. The first-order valence-corrected chi connectivity index (χ1v) is 6.17. The molecule has 1 saturated carbocycles. The number of carbonyl (C=O) groups is 1. The van der Waals surface area contributed by atoms with Crippen molar-refractivity contribution in [1.82, 2.24) is 0 Å². The van der Waals surface area contributed by atoms with Gasteiger partial charge in [0.25, 0.3) is 0 Å². The summed E-state index contributed by atoms with van der Waals surface area (Å²) in [7, 11) is 0. The molecule has 0 unspecified atom stereocenters. The summed E-state index contributed by atoms with van der Waals surface area (Å²) in [4.78, 5) is 10.7. The Bertz CT molecular complexity index is 284. The maximum atomic E-state index is 10.7. The van der Waals surface area contributed by atoms with Crippen LogP contribution in [0.15, 0.2) is 10.6 Å². The normalized spacial score (nSPS) is 46.2. The number of fused-ring (bicyclic) bond motifs is 2. The van der Waals surface area contributed by atoms with Crippen molar-refractivity contribution in [1.29, 1.82) is 0 Å². The highest BCUT2D eigenvalue weighted by atomic mass is 79.9. The molecular formula is C12H17BrO. The van der Waals surface area contributed by atoms with Gasteiger partial charge in [-0.3, -0.25) is 0 Å². The van der Waals surface area contributed by atoms with Crippen molar-refractivity contribution < 1.29 is 4.79 Å². The van der Waals surface area contributed by atoms with E-state index in [9.17, 15) is 4.79 Å². The van der Waals surface area contributed by atoms with Crippen LogP contribution >= 0.6 is 15.9 Å². The molecule has 0 amide bonds. The maximum absolute atomic E-state index is 10.7. The summed E-state index contributed by atoms with van der Waals surface area (Å²) in [5, 5.41) is 0. The molecule has 14 heavy (non-hydrogen) atoms. The molecule has 1 nitrogen and oxygen atoms in total. The van der Waals surface area contributed by atoms with Crippen LogP contribution in [0.4, 0.5) is 0 Å². The third-order valence-corrected chi connectivity index (χ3v) is 5.22. The third kappa shape index (κ3) is 1.48. The Kier molecular flexibility index (Phi) is 2.59. The highest BCUT2D eigenvalue weighted by molar-refractivity contribution is 9.11. The molecule has 4 atom stereocenters. The molecule has 2 bridgehead atoms. The number of hydrogen-bond donors (Lipinski definition) is 0. The molecule has 0 aliphatic heterocycles. The number of carbonyl (C=O) groups excluding carboxylic acids is 1. The molecule has 1 fully saturated rings. The molecule has 0 saturated heterocycles. The highest BCUT2D eigenvalue weighted by Crippen LogP contribution is 2.56. The predicted octanol–water partition coefficient (Wildman–Crippen LogP) is 3.54. The van der Waals surface area contributed by atoms with E-state index in [0.717, 1.165) is 18.6 Å². The smallest absolute Gasteiger partial charge is 0.120 e. The lowest BCUT2D eigenvalue weighted by molar-refractivity contribution is -0.109. The van der Waals surface area contributed by atoms with Crippen LogP contribution in [0.1, 0.15) is 33.1 Å². The van der Waals surface area contributed by atoms with Crippen molar-refractivity contribution in [2.24, 2.45) is 23.2 Å². The molecule has 0 N–H and O–H groups in total. The Balaban J connectivity index is 2.26. The minimum atomic E-state index is 0.232. The van der Waals surface area contributed by atoms with Crippen LogP contribution in [0.25, 0.3) is 0 Å². The molecule has 0 aromatic carbocycles. The van der Waals surface area contributed by atoms with Crippen molar-refractivity contribution in [3.63, 3.8) is 0 Å². The molecule has 2 aliphatic carbocycles. The van der Waals surface area contributed by atoms with Gasteiger partial charge in [0.1, 0.15) is 6.29 Å². The van der Waals surface area contributed by atoms with Crippen LogP contribution in [-0.4, -0.2) is 6.29 Å². The molecular weight excluding hydrogens is 240 g/mol. The van der Waals surface area contributed by atoms with Crippen molar-refractivity contribution in [2.75, 3.05) is 0 Å². The van der Waals surface area contributed by atoms with Gasteiger partial charge in [0.05, 0.1) is 0 Å². The molecule has 0 heterocycles. The number of allylic oxidation sites excluding steroid dienone is 2. The van der Waals surface area contributed by atoms with Crippen LogP contribution in [0, 0.1) is 23.2 Å². The van der Waals surface area contributed by atoms with Crippen molar-refractivity contribution in [3.05, 3.63) is 10.6 Å². The lowest BCUT2D eigenvalue weighted by Crippen LogP contribution is -2.20. The minimum Gasteiger partial charge on any atom is -0.303 e. The highest BCUT2D eigenvalue weighted by Gasteiger charge is 2.47. The Labute approximate surface area is 94.1 Å². The van der Waals surface area contributed by atoms with E-state index in [1.165, 1.54) is 17.3 Å². The number of hydrogen-bond acceptors (Lipinski definition) is 1. The van der Waals surface area contributed by atoms with Crippen molar-refractivity contribution in [2.45, 2.75) is 33.1 Å². The largest absolute Gasteiger partial charge is 0.303 e. The topological polar surface area (TPSA) is 17.1 Å². The summed E-state index contributed by atoms with van der Waals surface area (Å²) in [6.45, 7) is 4.55. The molecule has 0 spiro atoms. The van der Waals surface area contributed by atoms with E-state index in [4.69, 9.17) is 0 Å². The maximum Gasteiger partial charge on any atom is 0.120 e. The summed E-state index contributed by atoms with van der Waals surface area (Å²) in [5.41, 5.74) is 0.232. The summed E-state index contributed by atoms with van der Waals surface area (Å²) in [6.07, 6.45) is 6.65. The zero-order valence-electron chi connectivity index (χ0n) is 8.79. The molecule has 2 aliphatic rings. The van der Waals surface area contributed by atoms with Gasteiger partial charge >= 0.3 is 0 Å². The standard InChI is InChI=1S/C12H17BrO/c1-8-9-5-10(6-11(8)13)12(2,7-9)3-4-14/h4,6,8-10H,3,5,7H2,1-2H3/t8-,9-,10-,12-/m1/s1. The van der Waals surface area contributed by atoms with E-state index >= 15 is 0 Å². The SMILES string of the molecule is C[C@H]1C(Br)=C[C@H]2C[C@@H]1C[C@@]2(C)CC=O. The minimum absolute atomic E-state index is 0.232. The second-order valence-corrected chi connectivity index (χ2v) is 6.09. The summed E-state index contributed by atoms with van der Waals surface area (Å²) in [6, 6.07) is 0. The van der Waals surface area contributed by atoms with Crippen LogP contribution in [0.5, 0.6) is 0 Å². The van der Waals surface area contributed by atoms with Gasteiger partial charge in [-0.25, -0.2) is 0 Å². The molecule has 0 aromatic heterocycles. The predicted molar refractivity (Wildman–Crippen MR) is 61.2 cm³/mol. The van der Waals surface area contributed by atoms with Crippen molar-refractivity contribution in [3.8, 4) is 0 Å². The van der Waals surface area contributed by atoms with E-state index < -0.39 is 0 Å². The van der Waals surface area contributed by atoms with Crippen molar-refractivity contribution >= 4 is 22.2 Å². The number of aldehydes is 1. The molecule has 78 valence electrons. The Morgan fingerprint density at radius 1 is 1.71 bits per heavy atom. The monoisotopic (exact) mass is 256 g/mol. The lowest BCUT2D eigenvalue weighted by Gasteiger charge is -2.27. The van der Waals surface area contributed by atoms with Crippen LogP contribution in [0.2, 0.25) is 0 Å². The van der Waals surface area contributed by atoms with E-state index in [2.05, 4.69) is 35.9 Å². The zero-order valence-corrected chi connectivity index (χ0v) is 10.4. The second-order valence-electron chi connectivity index (χ2n) is 5.17. The average molecular weight is 257 g/mol. The zero-order chi connectivity index (χ0) is 10.3.